The summed E-state index contributed by atoms with van der Waals surface area (Å²) in [6.45, 7) is 3.51. The highest BCUT2D eigenvalue weighted by Crippen LogP contribution is 2.28. The van der Waals surface area contributed by atoms with Crippen LogP contribution in [0.4, 0.5) is 4.39 Å². The Balaban J connectivity index is 1.69. The number of hydrogen-bond acceptors (Lipinski definition) is 5. The Morgan fingerprint density at radius 2 is 1.83 bits per heavy atom. The van der Waals surface area contributed by atoms with Crippen molar-refractivity contribution in [2.75, 3.05) is 45.9 Å². The third-order valence-electron chi connectivity index (χ3n) is 4.37. The standard InChI is InChI=1S/C15H21FN2O4S/c16-13-1-3-14(4-2-13)23(20,21)18-6-5-15(19,12-18)11-17-7-9-22-10-8-17/h1-4,19H,5-12H2/t15-/m0/s1. The average molecular weight is 344 g/mol. The van der Waals surface area contributed by atoms with Crippen molar-refractivity contribution >= 4 is 10.0 Å². The van der Waals surface area contributed by atoms with Crippen LogP contribution in [0.1, 0.15) is 6.42 Å². The summed E-state index contributed by atoms with van der Waals surface area (Å²) in [4.78, 5) is 2.15. The molecular weight excluding hydrogens is 323 g/mol. The van der Waals surface area contributed by atoms with E-state index in [-0.39, 0.29) is 18.0 Å². The SMILES string of the molecule is O=S(=O)(c1ccc(F)cc1)N1CC[C@](O)(CN2CCOCC2)C1. The molecule has 23 heavy (non-hydrogen) atoms. The molecule has 0 bridgehead atoms. The third-order valence-corrected chi connectivity index (χ3v) is 6.23. The Morgan fingerprint density at radius 3 is 2.48 bits per heavy atom. The Morgan fingerprint density at radius 1 is 1.17 bits per heavy atom. The smallest absolute Gasteiger partial charge is 0.243 e. The van der Waals surface area contributed by atoms with Crippen LogP contribution in [0.5, 0.6) is 0 Å². The number of morpholine rings is 1. The van der Waals surface area contributed by atoms with Gasteiger partial charge in [0.15, 0.2) is 0 Å². The molecule has 2 saturated heterocycles. The van der Waals surface area contributed by atoms with E-state index in [4.69, 9.17) is 4.74 Å². The molecule has 0 amide bonds. The first kappa shape index (κ1) is 16.8. The van der Waals surface area contributed by atoms with Crippen LogP contribution in [0, 0.1) is 5.82 Å². The number of aliphatic hydroxyl groups is 1. The van der Waals surface area contributed by atoms with E-state index in [2.05, 4.69) is 4.90 Å². The van der Waals surface area contributed by atoms with Gasteiger partial charge in [0.2, 0.25) is 10.0 Å². The molecule has 1 atom stereocenters. The van der Waals surface area contributed by atoms with E-state index in [1.807, 2.05) is 0 Å². The third kappa shape index (κ3) is 3.72. The maximum absolute atomic E-state index is 13.0. The van der Waals surface area contributed by atoms with E-state index < -0.39 is 21.4 Å². The summed E-state index contributed by atoms with van der Waals surface area (Å²) in [5.74, 6) is -0.478. The summed E-state index contributed by atoms with van der Waals surface area (Å²) >= 11 is 0. The van der Waals surface area contributed by atoms with Gasteiger partial charge < -0.3 is 9.84 Å². The number of rotatable bonds is 4. The molecule has 0 aromatic heterocycles. The summed E-state index contributed by atoms with van der Waals surface area (Å²) in [5, 5.41) is 10.7. The molecule has 6 nitrogen and oxygen atoms in total. The van der Waals surface area contributed by atoms with Crippen molar-refractivity contribution in [2.45, 2.75) is 16.9 Å². The van der Waals surface area contributed by atoms with E-state index in [1.165, 1.54) is 16.4 Å². The second-order valence-corrected chi connectivity index (χ2v) is 8.09. The van der Waals surface area contributed by atoms with Crippen LogP contribution in [0.3, 0.4) is 0 Å². The quantitative estimate of drug-likeness (QED) is 0.850. The summed E-state index contributed by atoms with van der Waals surface area (Å²) in [6, 6.07) is 4.76. The molecule has 8 heteroatoms. The van der Waals surface area contributed by atoms with Gasteiger partial charge in [0.05, 0.1) is 23.7 Å². The minimum absolute atomic E-state index is 0.0505. The summed E-state index contributed by atoms with van der Waals surface area (Å²) in [5.41, 5.74) is -1.05. The average Bonchev–Trinajstić information content (AvgIpc) is 2.91. The Hall–Kier alpha value is -1.06. The number of halogens is 1. The fraction of sp³-hybridized carbons (Fsp3) is 0.600. The van der Waals surface area contributed by atoms with Crippen LogP contribution in [-0.2, 0) is 14.8 Å². The number of sulfonamides is 1. The Labute approximate surface area is 135 Å². The van der Waals surface area contributed by atoms with E-state index in [1.54, 1.807) is 0 Å². The maximum atomic E-state index is 13.0. The van der Waals surface area contributed by atoms with E-state index in [0.29, 0.717) is 26.2 Å². The normalized spacial score (nSPS) is 27.4. The van der Waals surface area contributed by atoms with E-state index in [9.17, 15) is 17.9 Å². The fourth-order valence-electron chi connectivity index (χ4n) is 3.08. The highest BCUT2D eigenvalue weighted by Gasteiger charge is 2.42. The topological polar surface area (TPSA) is 70.1 Å². The molecule has 128 valence electrons. The summed E-state index contributed by atoms with van der Waals surface area (Å²) in [7, 11) is -3.70. The van der Waals surface area contributed by atoms with Crippen molar-refractivity contribution in [3.05, 3.63) is 30.1 Å². The fourth-order valence-corrected chi connectivity index (χ4v) is 4.60. The molecule has 1 N–H and O–H groups in total. The predicted octanol–water partition coefficient (Wildman–Crippen LogP) is 0.283. The molecule has 2 heterocycles. The summed E-state index contributed by atoms with van der Waals surface area (Å²) < 4.78 is 44.7. The number of benzene rings is 1. The van der Waals surface area contributed by atoms with Gasteiger partial charge in [0, 0.05) is 32.7 Å². The molecular formula is C15H21FN2O4S. The van der Waals surface area contributed by atoms with Gasteiger partial charge >= 0.3 is 0 Å². The van der Waals surface area contributed by atoms with Gasteiger partial charge in [0.25, 0.3) is 0 Å². The van der Waals surface area contributed by atoms with E-state index in [0.717, 1.165) is 25.2 Å². The molecule has 2 aliphatic rings. The maximum Gasteiger partial charge on any atom is 0.243 e. The van der Waals surface area contributed by atoms with Gasteiger partial charge in [-0.2, -0.15) is 4.31 Å². The van der Waals surface area contributed by atoms with Gasteiger partial charge in [-0.1, -0.05) is 0 Å². The lowest BCUT2D eigenvalue weighted by molar-refractivity contribution is -0.0239. The van der Waals surface area contributed by atoms with E-state index >= 15 is 0 Å². The molecule has 0 aliphatic carbocycles. The number of nitrogens with zero attached hydrogens (tertiary/aromatic N) is 2. The van der Waals surface area contributed by atoms with Crippen molar-refractivity contribution < 1.29 is 22.7 Å². The largest absolute Gasteiger partial charge is 0.387 e. The van der Waals surface area contributed by atoms with Crippen LogP contribution >= 0.6 is 0 Å². The zero-order valence-electron chi connectivity index (χ0n) is 12.8. The van der Waals surface area contributed by atoms with Crippen molar-refractivity contribution in [3.63, 3.8) is 0 Å². The van der Waals surface area contributed by atoms with Crippen LogP contribution in [0.2, 0.25) is 0 Å². The van der Waals surface area contributed by atoms with Gasteiger partial charge in [-0.05, 0) is 30.7 Å². The molecule has 1 aromatic rings. The van der Waals surface area contributed by atoms with Crippen LogP contribution in [-0.4, -0.2) is 74.3 Å². The molecule has 1 aromatic carbocycles. The zero-order chi connectivity index (χ0) is 16.5. The highest BCUT2D eigenvalue weighted by atomic mass is 32.2. The van der Waals surface area contributed by atoms with Crippen LogP contribution in [0.15, 0.2) is 29.2 Å². The van der Waals surface area contributed by atoms with Crippen LogP contribution < -0.4 is 0 Å². The second-order valence-electron chi connectivity index (χ2n) is 6.16. The molecule has 3 rings (SSSR count). The number of ether oxygens (including phenoxy) is 1. The number of β-amino-alcohol motifs (C(OH)–C–C–N with tert-alkyl or cyclic N) is 1. The van der Waals surface area contributed by atoms with Gasteiger partial charge in [-0.3, -0.25) is 4.90 Å². The molecule has 0 spiro atoms. The molecule has 0 radical (unpaired) electrons. The van der Waals surface area contributed by atoms with Crippen molar-refractivity contribution in [2.24, 2.45) is 0 Å². The van der Waals surface area contributed by atoms with Crippen molar-refractivity contribution in [1.29, 1.82) is 0 Å². The highest BCUT2D eigenvalue weighted by molar-refractivity contribution is 7.89. The molecule has 2 fully saturated rings. The lowest BCUT2D eigenvalue weighted by Crippen LogP contribution is -2.49. The lowest BCUT2D eigenvalue weighted by Gasteiger charge is -2.33. The molecule has 0 unspecified atom stereocenters. The second kappa shape index (κ2) is 6.45. The first-order valence-electron chi connectivity index (χ1n) is 7.67. The number of hydrogen-bond donors (Lipinski definition) is 1. The van der Waals surface area contributed by atoms with Gasteiger partial charge in [-0.15, -0.1) is 0 Å². The molecule has 0 saturated carbocycles. The Bertz CT molecular complexity index is 646. The van der Waals surface area contributed by atoms with Crippen LogP contribution in [0.25, 0.3) is 0 Å². The first-order valence-corrected chi connectivity index (χ1v) is 9.11. The zero-order valence-corrected chi connectivity index (χ0v) is 13.6. The summed E-state index contributed by atoms with van der Waals surface area (Å²) in [6.07, 6.45) is 0.394. The Kier molecular flexibility index (Phi) is 4.70. The van der Waals surface area contributed by atoms with Crippen molar-refractivity contribution in [3.8, 4) is 0 Å². The van der Waals surface area contributed by atoms with Gasteiger partial charge in [0.1, 0.15) is 5.82 Å². The lowest BCUT2D eigenvalue weighted by atomic mass is 10.0. The predicted molar refractivity (Wildman–Crippen MR) is 82.0 cm³/mol. The minimum Gasteiger partial charge on any atom is -0.387 e. The van der Waals surface area contributed by atoms with Crippen molar-refractivity contribution in [1.82, 2.24) is 9.21 Å². The first-order chi connectivity index (χ1) is 10.9. The van der Waals surface area contributed by atoms with Gasteiger partial charge in [-0.25, -0.2) is 12.8 Å². The monoisotopic (exact) mass is 344 g/mol. The minimum atomic E-state index is -3.70. The molecule has 2 aliphatic heterocycles.